The van der Waals surface area contributed by atoms with E-state index in [9.17, 15) is 17.6 Å². The molecule has 2 rings (SSSR count). The van der Waals surface area contributed by atoms with Crippen LogP contribution in [0.15, 0.2) is 48.5 Å². The molecule has 0 aliphatic carbocycles. The van der Waals surface area contributed by atoms with E-state index in [1.54, 1.807) is 12.1 Å². The molecular weight excluding hydrogens is 274 g/mol. The van der Waals surface area contributed by atoms with Crippen molar-refractivity contribution in [3.8, 4) is 5.75 Å². The van der Waals surface area contributed by atoms with Gasteiger partial charge in [0.2, 0.25) is 0 Å². The molecule has 20 heavy (non-hydrogen) atoms. The predicted molar refractivity (Wildman–Crippen MR) is 66.9 cm³/mol. The van der Waals surface area contributed by atoms with Gasteiger partial charge in [-0.3, -0.25) is 0 Å². The van der Waals surface area contributed by atoms with Crippen LogP contribution < -0.4 is 10.1 Å². The number of halogens is 4. The normalized spacial score (nSPS) is 11.2. The SMILES string of the molecule is Fc1ccccc1NCc1ccccc1OC(F)(F)F. The van der Waals surface area contributed by atoms with Gasteiger partial charge in [0.1, 0.15) is 11.6 Å². The Hall–Kier alpha value is -2.24. The molecule has 0 radical (unpaired) electrons. The first-order valence-electron chi connectivity index (χ1n) is 5.78. The fraction of sp³-hybridized carbons (Fsp3) is 0.143. The van der Waals surface area contributed by atoms with Gasteiger partial charge in [-0.1, -0.05) is 30.3 Å². The summed E-state index contributed by atoms with van der Waals surface area (Å²) in [5.41, 5.74) is 0.502. The second-order valence-electron chi connectivity index (χ2n) is 3.99. The van der Waals surface area contributed by atoms with Crippen LogP contribution in [0.4, 0.5) is 23.2 Å². The van der Waals surface area contributed by atoms with Crippen LogP contribution in [0.2, 0.25) is 0 Å². The third kappa shape index (κ3) is 3.88. The molecule has 2 nitrogen and oxygen atoms in total. The van der Waals surface area contributed by atoms with Crippen LogP contribution in [0.3, 0.4) is 0 Å². The summed E-state index contributed by atoms with van der Waals surface area (Å²) in [6.07, 6.45) is -4.76. The van der Waals surface area contributed by atoms with E-state index < -0.39 is 12.2 Å². The Morgan fingerprint density at radius 3 is 2.30 bits per heavy atom. The molecular formula is C14H11F4NO. The van der Waals surface area contributed by atoms with Crippen molar-refractivity contribution in [2.75, 3.05) is 5.32 Å². The molecule has 0 aliphatic rings. The zero-order chi connectivity index (χ0) is 14.6. The molecule has 2 aromatic carbocycles. The van der Waals surface area contributed by atoms with Gasteiger partial charge in [0, 0.05) is 12.1 Å². The predicted octanol–water partition coefficient (Wildman–Crippen LogP) is 4.34. The largest absolute Gasteiger partial charge is 0.573 e. The first-order chi connectivity index (χ1) is 9.46. The summed E-state index contributed by atoms with van der Waals surface area (Å²) in [5.74, 6) is -0.773. The van der Waals surface area contributed by atoms with Crippen LogP contribution >= 0.6 is 0 Å². The molecule has 0 unspecified atom stereocenters. The Morgan fingerprint density at radius 1 is 0.950 bits per heavy atom. The number of para-hydroxylation sites is 2. The number of benzene rings is 2. The zero-order valence-corrected chi connectivity index (χ0v) is 10.2. The maximum Gasteiger partial charge on any atom is 0.573 e. The van der Waals surface area contributed by atoms with Gasteiger partial charge in [-0.2, -0.15) is 0 Å². The van der Waals surface area contributed by atoms with Crippen molar-refractivity contribution in [2.24, 2.45) is 0 Å². The molecule has 0 amide bonds. The van der Waals surface area contributed by atoms with Crippen LogP contribution in [0.5, 0.6) is 5.75 Å². The van der Waals surface area contributed by atoms with Crippen molar-refractivity contribution in [3.63, 3.8) is 0 Å². The van der Waals surface area contributed by atoms with E-state index in [4.69, 9.17) is 0 Å². The Morgan fingerprint density at radius 2 is 1.60 bits per heavy atom. The van der Waals surface area contributed by atoms with Crippen molar-refractivity contribution in [1.29, 1.82) is 0 Å². The average molecular weight is 285 g/mol. The average Bonchev–Trinajstić information content (AvgIpc) is 2.37. The molecule has 106 valence electrons. The van der Waals surface area contributed by atoms with E-state index in [2.05, 4.69) is 10.1 Å². The molecule has 6 heteroatoms. The van der Waals surface area contributed by atoms with Gasteiger partial charge in [0.25, 0.3) is 0 Å². The highest BCUT2D eigenvalue weighted by molar-refractivity contribution is 5.46. The topological polar surface area (TPSA) is 21.3 Å². The van der Waals surface area contributed by atoms with Crippen LogP contribution in [-0.2, 0) is 6.54 Å². The van der Waals surface area contributed by atoms with Gasteiger partial charge in [-0.15, -0.1) is 13.2 Å². The minimum atomic E-state index is -4.76. The van der Waals surface area contributed by atoms with Gasteiger partial charge >= 0.3 is 6.36 Å². The first-order valence-corrected chi connectivity index (χ1v) is 5.78. The second-order valence-corrected chi connectivity index (χ2v) is 3.99. The number of anilines is 1. The fourth-order valence-electron chi connectivity index (χ4n) is 1.67. The van der Waals surface area contributed by atoms with Crippen LogP contribution in [0, 0.1) is 5.82 Å². The molecule has 0 bridgehead atoms. The molecule has 0 saturated heterocycles. The minimum Gasteiger partial charge on any atom is -0.405 e. The Kier molecular flexibility index (Phi) is 4.12. The quantitative estimate of drug-likeness (QED) is 0.844. The van der Waals surface area contributed by atoms with Crippen molar-refractivity contribution >= 4 is 5.69 Å². The van der Waals surface area contributed by atoms with E-state index in [1.165, 1.54) is 36.4 Å². The van der Waals surface area contributed by atoms with Crippen molar-refractivity contribution < 1.29 is 22.3 Å². The highest BCUT2D eigenvalue weighted by atomic mass is 19.4. The molecule has 0 fully saturated rings. The fourth-order valence-corrected chi connectivity index (χ4v) is 1.67. The van der Waals surface area contributed by atoms with E-state index >= 15 is 0 Å². The van der Waals surface area contributed by atoms with Crippen LogP contribution in [0.25, 0.3) is 0 Å². The number of ether oxygens (including phenoxy) is 1. The maximum absolute atomic E-state index is 13.4. The van der Waals surface area contributed by atoms with Crippen molar-refractivity contribution in [2.45, 2.75) is 12.9 Å². The number of alkyl halides is 3. The van der Waals surface area contributed by atoms with Crippen molar-refractivity contribution in [3.05, 3.63) is 59.9 Å². The summed E-state index contributed by atoms with van der Waals surface area (Å²) < 4.78 is 54.0. The third-order valence-corrected chi connectivity index (χ3v) is 2.54. The van der Waals surface area contributed by atoms with E-state index in [1.807, 2.05) is 0 Å². The van der Waals surface area contributed by atoms with E-state index in [-0.39, 0.29) is 23.5 Å². The lowest BCUT2D eigenvalue weighted by Gasteiger charge is -2.14. The summed E-state index contributed by atoms with van der Waals surface area (Å²) >= 11 is 0. The molecule has 0 spiro atoms. The minimum absolute atomic E-state index is 0.0210. The van der Waals surface area contributed by atoms with Gasteiger partial charge in [0.15, 0.2) is 0 Å². The molecule has 0 aromatic heterocycles. The van der Waals surface area contributed by atoms with Gasteiger partial charge in [-0.05, 0) is 18.2 Å². The summed E-state index contributed by atoms with van der Waals surface area (Å²) in [7, 11) is 0. The van der Waals surface area contributed by atoms with Gasteiger partial charge < -0.3 is 10.1 Å². The standard InChI is InChI=1S/C14H11F4NO/c15-11-6-2-3-7-12(11)19-9-10-5-1-4-8-13(10)20-14(16,17)18/h1-8,19H,9H2. The monoisotopic (exact) mass is 285 g/mol. The summed E-state index contributed by atoms with van der Waals surface area (Å²) in [6, 6.07) is 11.6. The second kappa shape index (κ2) is 5.81. The molecule has 1 N–H and O–H groups in total. The molecule has 2 aromatic rings. The Bertz CT molecular complexity index is 583. The number of nitrogens with one attached hydrogen (secondary N) is 1. The molecule has 0 heterocycles. The number of hydrogen-bond acceptors (Lipinski definition) is 2. The molecule has 0 saturated carbocycles. The summed E-state index contributed by atoms with van der Waals surface area (Å²) in [4.78, 5) is 0. The lowest BCUT2D eigenvalue weighted by Crippen LogP contribution is -2.18. The van der Waals surface area contributed by atoms with Gasteiger partial charge in [-0.25, -0.2) is 4.39 Å². The number of rotatable bonds is 4. The summed E-state index contributed by atoms with van der Waals surface area (Å²) in [6.45, 7) is 0.0210. The highest BCUT2D eigenvalue weighted by Gasteiger charge is 2.31. The molecule has 0 atom stereocenters. The Balaban J connectivity index is 2.12. The smallest absolute Gasteiger partial charge is 0.405 e. The van der Waals surface area contributed by atoms with E-state index in [0.717, 1.165) is 0 Å². The lowest BCUT2D eigenvalue weighted by molar-refractivity contribution is -0.274. The lowest BCUT2D eigenvalue weighted by atomic mass is 10.2. The first kappa shape index (κ1) is 14.2. The Labute approximate surface area is 113 Å². The van der Waals surface area contributed by atoms with E-state index in [0.29, 0.717) is 0 Å². The zero-order valence-electron chi connectivity index (χ0n) is 10.2. The summed E-state index contributed by atoms with van der Waals surface area (Å²) in [5, 5.41) is 2.73. The molecule has 0 aliphatic heterocycles. The highest BCUT2D eigenvalue weighted by Crippen LogP contribution is 2.27. The maximum atomic E-state index is 13.4. The third-order valence-electron chi connectivity index (χ3n) is 2.54. The number of hydrogen-bond donors (Lipinski definition) is 1. The van der Waals surface area contributed by atoms with Crippen molar-refractivity contribution in [1.82, 2.24) is 0 Å². The van der Waals surface area contributed by atoms with Crippen LogP contribution in [0.1, 0.15) is 5.56 Å². The van der Waals surface area contributed by atoms with Crippen LogP contribution in [-0.4, -0.2) is 6.36 Å². The van der Waals surface area contributed by atoms with Gasteiger partial charge in [0.05, 0.1) is 5.69 Å².